The molecule has 0 radical (unpaired) electrons. The van der Waals surface area contributed by atoms with E-state index in [-0.39, 0.29) is 11.9 Å². The van der Waals surface area contributed by atoms with Crippen molar-refractivity contribution in [3.05, 3.63) is 59.3 Å². The van der Waals surface area contributed by atoms with E-state index in [0.29, 0.717) is 11.7 Å². The zero-order valence-electron chi connectivity index (χ0n) is 14.8. The van der Waals surface area contributed by atoms with Crippen LogP contribution in [0.5, 0.6) is 0 Å². The van der Waals surface area contributed by atoms with E-state index in [4.69, 9.17) is 0 Å². The first-order chi connectivity index (χ1) is 12.6. The van der Waals surface area contributed by atoms with E-state index in [0.717, 1.165) is 22.8 Å². The topological polar surface area (TPSA) is 78.5 Å². The molecule has 0 spiro atoms. The monoisotopic (exact) mass is 352 g/mol. The van der Waals surface area contributed by atoms with Gasteiger partial charge in [-0.1, -0.05) is 12.1 Å². The molecule has 0 saturated heterocycles. The van der Waals surface area contributed by atoms with Crippen LogP contribution in [0.3, 0.4) is 0 Å². The molecule has 1 aliphatic rings. The Kier molecular flexibility index (Phi) is 4.28. The summed E-state index contributed by atoms with van der Waals surface area (Å²) in [7, 11) is 0. The lowest BCUT2D eigenvalue weighted by molar-refractivity contribution is 0.626. The summed E-state index contributed by atoms with van der Waals surface area (Å²) in [6.07, 6.45) is 3.97. The van der Waals surface area contributed by atoms with Gasteiger partial charge in [-0.05, 0) is 44.4 Å². The van der Waals surface area contributed by atoms with Gasteiger partial charge < -0.3 is 10.6 Å². The predicted octanol–water partition coefficient (Wildman–Crippen LogP) is 4.44. The van der Waals surface area contributed by atoms with E-state index in [9.17, 15) is 4.39 Å². The number of aromatic amines is 1. The third-order valence-electron chi connectivity index (χ3n) is 4.67. The van der Waals surface area contributed by atoms with Gasteiger partial charge >= 0.3 is 0 Å². The minimum Gasteiger partial charge on any atom is -0.363 e. The first-order valence-corrected chi connectivity index (χ1v) is 8.76. The van der Waals surface area contributed by atoms with Gasteiger partial charge in [0.05, 0.1) is 0 Å². The number of rotatable bonds is 6. The van der Waals surface area contributed by atoms with Crippen molar-refractivity contribution >= 4 is 17.5 Å². The van der Waals surface area contributed by atoms with Gasteiger partial charge in [0.25, 0.3) is 0 Å². The molecule has 1 aliphatic carbocycles. The van der Waals surface area contributed by atoms with Crippen molar-refractivity contribution in [3.63, 3.8) is 0 Å². The summed E-state index contributed by atoms with van der Waals surface area (Å²) < 4.78 is 13.1. The van der Waals surface area contributed by atoms with Gasteiger partial charge in [0.2, 0.25) is 0 Å². The third kappa shape index (κ3) is 3.51. The molecule has 26 heavy (non-hydrogen) atoms. The lowest BCUT2D eigenvalue weighted by atomic mass is 10.1. The molecule has 2 aromatic heterocycles. The Morgan fingerprint density at radius 3 is 2.62 bits per heavy atom. The quantitative estimate of drug-likeness (QED) is 0.611. The van der Waals surface area contributed by atoms with Crippen LogP contribution in [0.4, 0.5) is 21.8 Å². The van der Waals surface area contributed by atoms with E-state index in [1.165, 1.54) is 37.0 Å². The fourth-order valence-corrected chi connectivity index (χ4v) is 2.89. The minimum absolute atomic E-state index is 0.0103. The molecule has 4 rings (SSSR count). The number of benzene rings is 1. The summed E-state index contributed by atoms with van der Waals surface area (Å²) in [5.41, 5.74) is 3.06. The average Bonchev–Trinajstić information content (AvgIpc) is 3.38. The SMILES string of the molecule is Cc1c(Nc2cc(C3CC3)[nH]n2)ncnc1NC(C)c1ccc(F)cc1. The van der Waals surface area contributed by atoms with Crippen LogP contribution in [0, 0.1) is 12.7 Å². The van der Waals surface area contributed by atoms with E-state index in [1.807, 2.05) is 19.9 Å². The molecule has 0 bridgehead atoms. The Hall–Kier alpha value is -2.96. The van der Waals surface area contributed by atoms with Crippen molar-refractivity contribution in [1.29, 1.82) is 0 Å². The first-order valence-electron chi connectivity index (χ1n) is 8.76. The number of H-pyrrole nitrogens is 1. The Morgan fingerprint density at radius 1 is 1.15 bits per heavy atom. The van der Waals surface area contributed by atoms with E-state index in [1.54, 1.807) is 12.1 Å². The molecule has 0 amide bonds. The van der Waals surface area contributed by atoms with Crippen LogP contribution in [0.25, 0.3) is 0 Å². The highest BCUT2D eigenvalue weighted by atomic mass is 19.1. The highest BCUT2D eigenvalue weighted by Gasteiger charge is 2.25. The van der Waals surface area contributed by atoms with Gasteiger partial charge in [-0.15, -0.1) is 0 Å². The van der Waals surface area contributed by atoms with Gasteiger partial charge in [0.15, 0.2) is 5.82 Å². The normalized spacial score (nSPS) is 14.9. The number of nitrogens with one attached hydrogen (secondary N) is 3. The van der Waals surface area contributed by atoms with E-state index < -0.39 is 0 Å². The van der Waals surface area contributed by atoms with Crippen molar-refractivity contribution in [2.75, 3.05) is 10.6 Å². The van der Waals surface area contributed by atoms with Crippen LogP contribution in [-0.4, -0.2) is 20.2 Å². The van der Waals surface area contributed by atoms with E-state index in [2.05, 4.69) is 30.8 Å². The maximum absolute atomic E-state index is 13.1. The van der Waals surface area contributed by atoms with Gasteiger partial charge in [-0.25, -0.2) is 14.4 Å². The van der Waals surface area contributed by atoms with Crippen molar-refractivity contribution in [2.45, 2.75) is 38.6 Å². The molecule has 7 heteroatoms. The summed E-state index contributed by atoms with van der Waals surface area (Å²) in [5.74, 6) is 2.58. The fraction of sp³-hybridized carbons (Fsp3) is 0.316. The van der Waals surface area contributed by atoms with Gasteiger partial charge in [0, 0.05) is 29.3 Å². The molecule has 1 unspecified atom stereocenters. The predicted molar refractivity (Wildman–Crippen MR) is 99.1 cm³/mol. The van der Waals surface area contributed by atoms with Gasteiger partial charge in [-0.3, -0.25) is 5.10 Å². The number of halogens is 1. The number of anilines is 3. The molecule has 134 valence electrons. The summed E-state index contributed by atoms with van der Waals surface area (Å²) >= 11 is 0. The molecule has 3 aromatic rings. The number of aromatic nitrogens is 4. The molecule has 1 atom stereocenters. The molecule has 3 N–H and O–H groups in total. The molecule has 1 saturated carbocycles. The molecule has 1 fully saturated rings. The average molecular weight is 352 g/mol. The molecular formula is C19H21FN6. The Bertz CT molecular complexity index is 901. The second-order valence-electron chi connectivity index (χ2n) is 6.72. The fourth-order valence-electron chi connectivity index (χ4n) is 2.89. The maximum Gasteiger partial charge on any atom is 0.153 e. The van der Waals surface area contributed by atoms with Crippen LogP contribution in [-0.2, 0) is 0 Å². The van der Waals surface area contributed by atoms with Crippen molar-refractivity contribution in [3.8, 4) is 0 Å². The standard InChI is InChI=1S/C19H21FN6/c1-11-18(23-12(2)13-5-7-15(20)8-6-13)21-10-22-19(11)24-17-9-16(25-26-17)14-3-4-14/h5-10,12,14H,3-4H2,1-2H3,(H3,21,22,23,24,25,26). The number of hydrogen-bond donors (Lipinski definition) is 3. The smallest absolute Gasteiger partial charge is 0.153 e. The minimum atomic E-state index is -0.241. The number of nitrogens with zero attached hydrogens (tertiary/aromatic N) is 3. The Labute approximate surface area is 151 Å². The molecule has 1 aromatic carbocycles. The van der Waals surface area contributed by atoms with Crippen LogP contribution in [0.1, 0.15) is 48.5 Å². The van der Waals surface area contributed by atoms with Crippen LogP contribution in [0.15, 0.2) is 36.7 Å². The highest BCUT2D eigenvalue weighted by Crippen LogP contribution is 2.39. The number of hydrogen-bond acceptors (Lipinski definition) is 5. The molecule has 2 heterocycles. The van der Waals surface area contributed by atoms with Crippen molar-refractivity contribution in [2.24, 2.45) is 0 Å². The Morgan fingerprint density at radius 2 is 1.88 bits per heavy atom. The summed E-state index contributed by atoms with van der Waals surface area (Å²) in [6, 6.07) is 8.49. The second-order valence-corrected chi connectivity index (χ2v) is 6.72. The first kappa shape index (κ1) is 16.5. The van der Waals surface area contributed by atoms with Crippen LogP contribution >= 0.6 is 0 Å². The lowest BCUT2D eigenvalue weighted by Crippen LogP contribution is -2.10. The maximum atomic E-state index is 13.1. The summed E-state index contributed by atoms with van der Waals surface area (Å²) in [4.78, 5) is 8.67. The van der Waals surface area contributed by atoms with Crippen LogP contribution in [0.2, 0.25) is 0 Å². The van der Waals surface area contributed by atoms with Gasteiger partial charge in [-0.2, -0.15) is 5.10 Å². The lowest BCUT2D eigenvalue weighted by Gasteiger charge is -2.17. The summed E-state index contributed by atoms with van der Waals surface area (Å²) in [5, 5.41) is 14.0. The van der Waals surface area contributed by atoms with Crippen molar-refractivity contribution < 1.29 is 4.39 Å². The zero-order valence-corrected chi connectivity index (χ0v) is 14.8. The summed E-state index contributed by atoms with van der Waals surface area (Å²) in [6.45, 7) is 3.97. The van der Waals surface area contributed by atoms with Crippen molar-refractivity contribution in [1.82, 2.24) is 20.2 Å². The molecular weight excluding hydrogens is 331 g/mol. The molecule has 0 aliphatic heterocycles. The third-order valence-corrected chi connectivity index (χ3v) is 4.67. The Balaban J connectivity index is 1.50. The molecule has 6 nitrogen and oxygen atoms in total. The zero-order chi connectivity index (χ0) is 18.1. The second kappa shape index (κ2) is 6.74. The highest BCUT2D eigenvalue weighted by molar-refractivity contribution is 5.62. The largest absolute Gasteiger partial charge is 0.363 e. The van der Waals surface area contributed by atoms with Crippen LogP contribution < -0.4 is 10.6 Å². The van der Waals surface area contributed by atoms with Gasteiger partial charge in [0.1, 0.15) is 23.8 Å². The van der Waals surface area contributed by atoms with E-state index >= 15 is 0 Å².